The molecule has 0 bridgehead atoms. The van der Waals surface area contributed by atoms with Gasteiger partial charge >= 0.3 is 5.69 Å². The third kappa shape index (κ3) is 1.70. The van der Waals surface area contributed by atoms with E-state index in [1.807, 2.05) is 0 Å². The Hall–Kier alpha value is -2.89. The van der Waals surface area contributed by atoms with E-state index in [0.29, 0.717) is 22.3 Å². The summed E-state index contributed by atoms with van der Waals surface area (Å²) in [5.41, 5.74) is 7.33. The number of rotatable bonds is 1. The highest BCUT2D eigenvalue weighted by molar-refractivity contribution is 6.01. The van der Waals surface area contributed by atoms with Gasteiger partial charge in [-0.05, 0) is 30.3 Å². The fraction of sp³-hybridized carbons (Fsp3) is 0.0714. The van der Waals surface area contributed by atoms with Gasteiger partial charge in [0.25, 0.3) is 5.91 Å². The van der Waals surface area contributed by atoms with Crippen LogP contribution in [0.15, 0.2) is 47.5 Å². The van der Waals surface area contributed by atoms with Gasteiger partial charge in [0.15, 0.2) is 0 Å². The van der Waals surface area contributed by atoms with E-state index in [9.17, 15) is 9.59 Å². The molecule has 6 heteroatoms. The topological polar surface area (TPSA) is 82.9 Å². The number of benzene rings is 1. The summed E-state index contributed by atoms with van der Waals surface area (Å²) in [6.45, 7) is 0. The van der Waals surface area contributed by atoms with Crippen molar-refractivity contribution in [1.82, 2.24) is 14.1 Å². The quantitative estimate of drug-likeness (QED) is 0.667. The Morgan fingerprint density at radius 2 is 2.05 bits per heavy atom. The van der Waals surface area contributed by atoms with Crippen molar-refractivity contribution in [3.63, 3.8) is 0 Å². The molecular formula is C14H12N4O2. The van der Waals surface area contributed by atoms with Crippen molar-refractivity contribution < 1.29 is 4.79 Å². The number of nitrogens with zero attached hydrogens (tertiary/aromatic N) is 3. The molecule has 20 heavy (non-hydrogen) atoms. The van der Waals surface area contributed by atoms with Gasteiger partial charge in [0, 0.05) is 25.1 Å². The average Bonchev–Trinajstić information content (AvgIpc) is 2.71. The second-order valence-electron chi connectivity index (χ2n) is 4.47. The molecule has 3 aromatic rings. The lowest BCUT2D eigenvalue weighted by molar-refractivity contribution is 0.0960. The molecule has 0 atom stereocenters. The summed E-state index contributed by atoms with van der Waals surface area (Å²) in [5, 5.41) is 0. The summed E-state index contributed by atoms with van der Waals surface area (Å²) >= 11 is 0. The standard InChI is InChI=1S/C14H12N4O2/c1-17-11-5-4-10(15)7-12(11)18(14(17)20)13(19)9-3-2-6-16-8-9/h2-8H,15H2,1H3. The Morgan fingerprint density at radius 1 is 1.25 bits per heavy atom. The SMILES string of the molecule is Cn1c(=O)n(C(=O)c2cccnc2)c2cc(N)ccc21. The molecule has 100 valence electrons. The van der Waals surface area contributed by atoms with Gasteiger partial charge in [-0.1, -0.05) is 0 Å². The Morgan fingerprint density at radius 3 is 2.75 bits per heavy atom. The Balaban J connectivity index is 2.32. The lowest BCUT2D eigenvalue weighted by Crippen LogP contribution is -2.28. The smallest absolute Gasteiger partial charge is 0.335 e. The molecule has 2 heterocycles. The lowest BCUT2D eigenvalue weighted by atomic mass is 10.2. The molecule has 1 aromatic carbocycles. The summed E-state index contributed by atoms with van der Waals surface area (Å²) in [4.78, 5) is 28.6. The number of imidazole rings is 1. The predicted molar refractivity (Wildman–Crippen MR) is 75.6 cm³/mol. The van der Waals surface area contributed by atoms with Crippen molar-refractivity contribution in [3.05, 3.63) is 58.8 Å². The van der Waals surface area contributed by atoms with Crippen LogP contribution in [-0.2, 0) is 7.05 Å². The monoisotopic (exact) mass is 268 g/mol. The summed E-state index contributed by atoms with van der Waals surface area (Å²) in [6, 6.07) is 8.30. The van der Waals surface area contributed by atoms with E-state index in [1.165, 1.54) is 10.8 Å². The number of aromatic nitrogens is 3. The zero-order chi connectivity index (χ0) is 14.3. The molecule has 2 N–H and O–H groups in total. The molecule has 2 aromatic heterocycles. The fourth-order valence-electron chi connectivity index (χ4n) is 2.17. The number of nitrogens with two attached hydrogens (primary N) is 1. The van der Waals surface area contributed by atoms with Crippen LogP contribution in [0.1, 0.15) is 10.4 Å². The zero-order valence-electron chi connectivity index (χ0n) is 10.8. The maximum atomic E-state index is 12.5. The van der Waals surface area contributed by atoms with Gasteiger partial charge in [-0.15, -0.1) is 0 Å². The summed E-state index contributed by atoms with van der Waals surface area (Å²) in [6.07, 6.45) is 3.00. The van der Waals surface area contributed by atoms with Gasteiger partial charge in [-0.25, -0.2) is 9.36 Å². The van der Waals surface area contributed by atoms with E-state index in [0.717, 1.165) is 4.57 Å². The molecule has 0 fully saturated rings. The van der Waals surface area contributed by atoms with E-state index in [-0.39, 0.29) is 0 Å². The van der Waals surface area contributed by atoms with Gasteiger partial charge < -0.3 is 5.73 Å². The maximum Gasteiger partial charge on any atom is 0.335 e. The zero-order valence-corrected chi connectivity index (χ0v) is 10.8. The third-order valence-corrected chi connectivity index (χ3v) is 3.19. The van der Waals surface area contributed by atoms with Crippen LogP contribution in [-0.4, -0.2) is 20.0 Å². The molecule has 0 saturated carbocycles. The van der Waals surface area contributed by atoms with E-state index in [2.05, 4.69) is 4.98 Å². The first-order valence-corrected chi connectivity index (χ1v) is 6.01. The van der Waals surface area contributed by atoms with Gasteiger partial charge in [-0.3, -0.25) is 14.3 Å². The molecule has 0 saturated heterocycles. The first-order valence-electron chi connectivity index (χ1n) is 6.01. The van der Waals surface area contributed by atoms with Crippen LogP contribution >= 0.6 is 0 Å². The van der Waals surface area contributed by atoms with Crippen molar-refractivity contribution in [3.8, 4) is 0 Å². The molecule has 0 radical (unpaired) electrons. The fourth-order valence-corrected chi connectivity index (χ4v) is 2.17. The molecule has 0 amide bonds. The molecule has 0 unspecified atom stereocenters. The summed E-state index contributed by atoms with van der Waals surface area (Å²) in [5.74, 6) is -0.417. The van der Waals surface area contributed by atoms with Crippen LogP contribution < -0.4 is 11.4 Å². The predicted octanol–water partition coefficient (Wildman–Crippen LogP) is 1.01. The number of hydrogen-bond donors (Lipinski definition) is 1. The van der Waals surface area contributed by atoms with E-state index < -0.39 is 11.6 Å². The van der Waals surface area contributed by atoms with Gasteiger partial charge in [0.2, 0.25) is 0 Å². The highest BCUT2D eigenvalue weighted by atomic mass is 16.2. The minimum Gasteiger partial charge on any atom is -0.399 e. The van der Waals surface area contributed by atoms with E-state index >= 15 is 0 Å². The number of fused-ring (bicyclic) bond motifs is 1. The second kappa shape index (κ2) is 4.34. The Bertz CT molecular complexity index is 862. The van der Waals surface area contributed by atoms with Gasteiger partial charge in [0.1, 0.15) is 0 Å². The maximum absolute atomic E-state index is 12.5. The van der Waals surface area contributed by atoms with Gasteiger partial charge in [-0.2, -0.15) is 0 Å². The largest absolute Gasteiger partial charge is 0.399 e. The molecule has 0 aliphatic heterocycles. The number of aryl methyl sites for hydroxylation is 1. The van der Waals surface area contributed by atoms with Crippen LogP contribution in [0.3, 0.4) is 0 Å². The third-order valence-electron chi connectivity index (χ3n) is 3.19. The Kier molecular flexibility index (Phi) is 2.64. The second-order valence-corrected chi connectivity index (χ2v) is 4.47. The molecule has 0 spiro atoms. The van der Waals surface area contributed by atoms with Crippen LogP contribution in [0.4, 0.5) is 5.69 Å². The molecule has 3 rings (SSSR count). The van der Waals surface area contributed by atoms with Crippen molar-refractivity contribution in [2.75, 3.05) is 5.73 Å². The lowest BCUT2D eigenvalue weighted by Gasteiger charge is -2.02. The summed E-state index contributed by atoms with van der Waals surface area (Å²) < 4.78 is 2.53. The number of hydrogen-bond acceptors (Lipinski definition) is 4. The molecule has 6 nitrogen and oxygen atoms in total. The number of anilines is 1. The highest BCUT2D eigenvalue weighted by Crippen LogP contribution is 2.17. The first-order chi connectivity index (χ1) is 9.59. The van der Waals surface area contributed by atoms with E-state index in [4.69, 9.17) is 5.73 Å². The minimum atomic E-state index is -0.417. The van der Waals surface area contributed by atoms with Gasteiger partial charge in [0.05, 0.1) is 16.6 Å². The Labute approximate surface area is 114 Å². The van der Waals surface area contributed by atoms with Crippen molar-refractivity contribution in [2.24, 2.45) is 7.05 Å². The van der Waals surface area contributed by atoms with Crippen molar-refractivity contribution in [2.45, 2.75) is 0 Å². The van der Waals surface area contributed by atoms with Crippen LogP contribution in [0.25, 0.3) is 11.0 Å². The van der Waals surface area contributed by atoms with Crippen LogP contribution in [0, 0.1) is 0 Å². The van der Waals surface area contributed by atoms with Crippen LogP contribution in [0.5, 0.6) is 0 Å². The number of pyridine rings is 1. The molecule has 0 aliphatic rings. The molecular weight excluding hydrogens is 256 g/mol. The number of nitrogen functional groups attached to an aromatic ring is 1. The highest BCUT2D eigenvalue weighted by Gasteiger charge is 2.18. The normalized spacial score (nSPS) is 10.8. The first kappa shape index (κ1) is 12.2. The average molecular weight is 268 g/mol. The van der Waals surface area contributed by atoms with Crippen LogP contribution in [0.2, 0.25) is 0 Å². The number of carbonyl (C=O) groups is 1. The van der Waals surface area contributed by atoms with E-state index in [1.54, 1.807) is 43.6 Å². The number of carbonyl (C=O) groups excluding carboxylic acids is 1. The van der Waals surface area contributed by atoms with Crippen molar-refractivity contribution in [1.29, 1.82) is 0 Å². The van der Waals surface area contributed by atoms with Crippen molar-refractivity contribution >= 4 is 22.6 Å². The minimum absolute atomic E-state index is 0.351. The summed E-state index contributed by atoms with van der Waals surface area (Å²) in [7, 11) is 1.62. The molecule has 0 aliphatic carbocycles.